The first-order chi connectivity index (χ1) is 7.04. The molecule has 1 aliphatic carbocycles. The molecule has 1 rings (SSSR count). The summed E-state index contributed by atoms with van der Waals surface area (Å²) >= 11 is 2.51. The Labute approximate surface area is 106 Å². The number of nitrogens with one attached hydrogen (secondary N) is 1. The predicted octanol–water partition coefficient (Wildman–Crippen LogP) is 2.17. The molecule has 15 heavy (non-hydrogen) atoms. The van der Waals surface area contributed by atoms with E-state index in [9.17, 15) is 0 Å². The number of halogens is 1. The highest BCUT2D eigenvalue weighted by molar-refractivity contribution is 14.1. The van der Waals surface area contributed by atoms with Gasteiger partial charge in [0.05, 0.1) is 0 Å². The quantitative estimate of drug-likeness (QED) is 0.481. The molecule has 0 heterocycles. The summed E-state index contributed by atoms with van der Waals surface area (Å²) in [5, 5.41) is 12.0. The molecule has 1 aliphatic rings. The molecular formula is C11H19IN2O. The van der Waals surface area contributed by atoms with Gasteiger partial charge in [-0.05, 0) is 18.9 Å². The lowest BCUT2D eigenvalue weighted by Gasteiger charge is -2.45. The average molecular weight is 322 g/mol. The van der Waals surface area contributed by atoms with Gasteiger partial charge >= 0.3 is 0 Å². The fourth-order valence-corrected chi connectivity index (χ4v) is 4.26. The first-order valence-electron chi connectivity index (χ1n) is 5.40. The van der Waals surface area contributed by atoms with Crippen LogP contribution in [0.3, 0.4) is 0 Å². The van der Waals surface area contributed by atoms with Gasteiger partial charge < -0.3 is 10.1 Å². The Morgan fingerprint density at radius 3 is 2.27 bits per heavy atom. The predicted molar refractivity (Wildman–Crippen MR) is 68.6 cm³/mol. The van der Waals surface area contributed by atoms with Gasteiger partial charge in [0, 0.05) is 15.9 Å². The van der Waals surface area contributed by atoms with Gasteiger partial charge in [-0.1, -0.05) is 43.4 Å². The van der Waals surface area contributed by atoms with Crippen molar-refractivity contribution in [2.24, 2.45) is 17.8 Å². The van der Waals surface area contributed by atoms with E-state index in [2.05, 4.69) is 48.7 Å². The third-order valence-electron chi connectivity index (χ3n) is 3.80. The summed E-state index contributed by atoms with van der Waals surface area (Å²) in [7, 11) is 1.99. The number of hydrogen-bond donors (Lipinski definition) is 1. The third kappa shape index (κ3) is 2.39. The fraction of sp³-hybridized carbons (Fsp3) is 0.909. The van der Waals surface area contributed by atoms with Crippen LogP contribution in [0, 0.1) is 29.3 Å². The molecule has 0 radical (unpaired) electrons. The largest absolute Gasteiger partial charge is 0.424 e. The number of nitrogens with zero attached hydrogens (tertiary/aromatic N) is 1. The minimum absolute atomic E-state index is 0.0495. The zero-order chi connectivity index (χ0) is 11.6. The second kappa shape index (κ2) is 5.35. The molecule has 0 spiro atoms. The normalized spacial score (nSPS) is 45.9. The van der Waals surface area contributed by atoms with E-state index in [0.29, 0.717) is 27.7 Å². The zero-order valence-corrected chi connectivity index (χ0v) is 11.9. The molecule has 3 nitrogen and oxygen atoms in total. The van der Waals surface area contributed by atoms with E-state index < -0.39 is 0 Å². The second-order valence-electron chi connectivity index (χ2n) is 4.51. The van der Waals surface area contributed by atoms with Gasteiger partial charge in [-0.3, -0.25) is 0 Å². The van der Waals surface area contributed by atoms with Crippen molar-refractivity contribution in [3.63, 3.8) is 0 Å². The van der Waals surface area contributed by atoms with Crippen LogP contribution in [0.1, 0.15) is 20.8 Å². The van der Waals surface area contributed by atoms with E-state index in [0.717, 1.165) is 0 Å². The molecule has 86 valence electrons. The molecule has 4 heteroatoms. The van der Waals surface area contributed by atoms with Crippen LogP contribution in [0.25, 0.3) is 0 Å². The van der Waals surface area contributed by atoms with Crippen molar-refractivity contribution in [3.05, 3.63) is 0 Å². The Hall–Kier alpha value is -0.0200. The molecule has 0 aromatic carbocycles. The maximum atomic E-state index is 8.67. The molecule has 6 atom stereocenters. The first-order valence-corrected chi connectivity index (χ1v) is 6.65. The van der Waals surface area contributed by atoms with Gasteiger partial charge in [0.2, 0.25) is 0 Å². The number of nitriles is 1. The molecular weight excluding hydrogens is 303 g/mol. The molecule has 0 aliphatic heterocycles. The SMILES string of the molecule is CNC1C(C)C(OC#N)C(C)C(C)C1I. The fourth-order valence-electron chi connectivity index (χ4n) is 2.59. The third-order valence-corrected chi connectivity index (χ3v) is 5.71. The van der Waals surface area contributed by atoms with Crippen LogP contribution in [0.5, 0.6) is 0 Å². The van der Waals surface area contributed by atoms with Gasteiger partial charge in [0.25, 0.3) is 6.26 Å². The molecule has 1 N–H and O–H groups in total. The lowest BCUT2D eigenvalue weighted by atomic mass is 9.71. The molecule has 0 amide bonds. The first kappa shape index (κ1) is 13.0. The van der Waals surface area contributed by atoms with E-state index in [-0.39, 0.29) is 6.10 Å². The lowest BCUT2D eigenvalue weighted by Crippen LogP contribution is -2.55. The zero-order valence-electron chi connectivity index (χ0n) is 9.70. The summed E-state index contributed by atoms with van der Waals surface area (Å²) in [4.78, 5) is 0. The van der Waals surface area contributed by atoms with E-state index in [1.54, 1.807) is 0 Å². The van der Waals surface area contributed by atoms with Gasteiger partial charge in [0.15, 0.2) is 0 Å². The van der Waals surface area contributed by atoms with Crippen molar-refractivity contribution < 1.29 is 4.74 Å². The van der Waals surface area contributed by atoms with Crippen LogP contribution in [0.4, 0.5) is 0 Å². The van der Waals surface area contributed by atoms with Crippen molar-refractivity contribution in [3.8, 4) is 6.26 Å². The summed E-state index contributed by atoms with van der Waals surface area (Å²) < 4.78 is 5.81. The van der Waals surface area contributed by atoms with E-state index in [4.69, 9.17) is 10.00 Å². The molecule has 6 unspecified atom stereocenters. The van der Waals surface area contributed by atoms with Crippen LogP contribution in [0.2, 0.25) is 0 Å². The van der Waals surface area contributed by atoms with Crippen molar-refractivity contribution in [2.45, 2.75) is 36.8 Å². The number of hydrogen-bond acceptors (Lipinski definition) is 3. The summed E-state index contributed by atoms with van der Waals surface area (Å²) in [5.41, 5.74) is 0. The molecule has 0 aromatic heterocycles. The second-order valence-corrected chi connectivity index (χ2v) is 5.95. The molecule has 1 saturated carbocycles. The number of ether oxygens (including phenoxy) is 1. The van der Waals surface area contributed by atoms with Crippen LogP contribution in [-0.4, -0.2) is 23.1 Å². The highest BCUT2D eigenvalue weighted by Gasteiger charge is 2.44. The van der Waals surface area contributed by atoms with Gasteiger partial charge in [-0.15, -0.1) is 0 Å². The minimum Gasteiger partial charge on any atom is -0.424 e. The van der Waals surface area contributed by atoms with Gasteiger partial charge in [-0.2, -0.15) is 5.26 Å². The maximum Gasteiger partial charge on any atom is 0.286 e. The molecule has 0 aromatic rings. The highest BCUT2D eigenvalue weighted by atomic mass is 127. The van der Waals surface area contributed by atoms with E-state index >= 15 is 0 Å². The summed E-state index contributed by atoms with van der Waals surface area (Å²) in [6.07, 6.45) is 1.90. The average Bonchev–Trinajstić information content (AvgIpc) is 2.22. The molecule has 0 bridgehead atoms. The Morgan fingerprint density at radius 2 is 1.80 bits per heavy atom. The Morgan fingerprint density at radius 1 is 1.20 bits per heavy atom. The van der Waals surface area contributed by atoms with Crippen molar-refractivity contribution in [1.82, 2.24) is 5.32 Å². The van der Waals surface area contributed by atoms with E-state index in [1.165, 1.54) is 0 Å². The topological polar surface area (TPSA) is 45.0 Å². The van der Waals surface area contributed by atoms with Crippen LogP contribution in [0.15, 0.2) is 0 Å². The van der Waals surface area contributed by atoms with Crippen LogP contribution < -0.4 is 5.32 Å². The summed E-state index contributed by atoms with van der Waals surface area (Å²) in [6.45, 7) is 6.59. The van der Waals surface area contributed by atoms with Crippen LogP contribution in [-0.2, 0) is 4.74 Å². The lowest BCUT2D eigenvalue weighted by molar-refractivity contribution is -0.00756. The van der Waals surface area contributed by atoms with Gasteiger partial charge in [0.1, 0.15) is 6.10 Å². The summed E-state index contributed by atoms with van der Waals surface area (Å²) in [5.74, 6) is 1.38. The minimum atomic E-state index is 0.0495. The van der Waals surface area contributed by atoms with Crippen molar-refractivity contribution in [2.75, 3.05) is 7.05 Å². The van der Waals surface area contributed by atoms with Gasteiger partial charge in [-0.25, -0.2) is 0 Å². The van der Waals surface area contributed by atoms with E-state index in [1.807, 2.05) is 13.3 Å². The van der Waals surface area contributed by atoms with Crippen molar-refractivity contribution >= 4 is 22.6 Å². The Bertz CT molecular complexity index is 253. The highest BCUT2D eigenvalue weighted by Crippen LogP contribution is 2.39. The van der Waals surface area contributed by atoms with Crippen LogP contribution >= 0.6 is 22.6 Å². The monoisotopic (exact) mass is 322 g/mol. The number of alkyl halides is 1. The molecule has 1 fully saturated rings. The molecule has 0 saturated heterocycles. The van der Waals surface area contributed by atoms with Crippen molar-refractivity contribution in [1.29, 1.82) is 5.26 Å². The Kier molecular flexibility index (Phi) is 4.65. The Balaban J connectivity index is 2.86. The smallest absolute Gasteiger partial charge is 0.286 e. The standard InChI is InChI=1S/C11H19IN2O/c1-6-7(2)11(15-5-13)8(3)10(14-4)9(6)12/h6-11,14H,1-4H3. The number of rotatable bonds is 2. The summed E-state index contributed by atoms with van der Waals surface area (Å²) in [6, 6.07) is 0.426. The maximum absolute atomic E-state index is 8.67.